The zero-order valence-electron chi connectivity index (χ0n) is 16.2. The summed E-state index contributed by atoms with van der Waals surface area (Å²) >= 11 is 0. The van der Waals surface area contributed by atoms with Crippen LogP contribution in [0, 0.1) is 0 Å². The summed E-state index contributed by atoms with van der Waals surface area (Å²) in [6.07, 6.45) is 3.37. The number of carbonyl (C=O) groups excluding carboxylic acids is 1. The highest BCUT2D eigenvalue weighted by molar-refractivity contribution is 5.85. The van der Waals surface area contributed by atoms with E-state index in [2.05, 4.69) is 19.2 Å². The predicted molar refractivity (Wildman–Crippen MR) is 101 cm³/mol. The van der Waals surface area contributed by atoms with Crippen LogP contribution in [0.5, 0.6) is 11.5 Å². The van der Waals surface area contributed by atoms with E-state index in [1.54, 1.807) is 0 Å². The van der Waals surface area contributed by atoms with Crippen LogP contribution in [0.3, 0.4) is 0 Å². The van der Waals surface area contributed by atoms with E-state index in [1.165, 1.54) is 6.42 Å². The Morgan fingerprint density at radius 2 is 1.76 bits per heavy atom. The van der Waals surface area contributed by atoms with Gasteiger partial charge in [0.05, 0.1) is 13.2 Å². The van der Waals surface area contributed by atoms with E-state index in [-0.39, 0.29) is 11.9 Å². The third kappa shape index (κ3) is 4.80. The summed E-state index contributed by atoms with van der Waals surface area (Å²) in [5, 5.41) is 3.32. The Kier molecular flexibility index (Phi) is 6.97. The van der Waals surface area contributed by atoms with Crippen molar-refractivity contribution in [2.75, 3.05) is 18.5 Å². The van der Waals surface area contributed by atoms with Crippen molar-refractivity contribution < 1.29 is 14.3 Å². The number of piperidine rings is 1. The molecule has 0 unspecified atom stereocenters. The van der Waals surface area contributed by atoms with E-state index < -0.39 is 0 Å². The van der Waals surface area contributed by atoms with Crippen LogP contribution >= 0.6 is 0 Å². The van der Waals surface area contributed by atoms with Gasteiger partial charge in [-0.05, 0) is 66.0 Å². The van der Waals surface area contributed by atoms with Gasteiger partial charge in [0, 0.05) is 23.8 Å². The lowest BCUT2D eigenvalue weighted by Crippen LogP contribution is -2.52. The Labute approximate surface area is 151 Å². The fourth-order valence-electron chi connectivity index (χ4n) is 3.53. The van der Waals surface area contributed by atoms with Gasteiger partial charge in [-0.25, -0.2) is 0 Å². The lowest BCUT2D eigenvalue weighted by Gasteiger charge is -2.40. The van der Waals surface area contributed by atoms with E-state index in [1.807, 2.05) is 43.9 Å². The smallest absolute Gasteiger partial charge is 0.245 e. The van der Waals surface area contributed by atoms with Crippen molar-refractivity contribution in [2.24, 2.45) is 0 Å². The Bertz CT molecular complexity index is 566. The topological polar surface area (TPSA) is 50.8 Å². The average Bonchev–Trinajstić information content (AvgIpc) is 2.57. The quantitative estimate of drug-likeness (QED) is 0.807. The minimum absolute atomic E-state index is 0.159. The number of hydrogen-bond donors (Lipinski definition) is 1. The largest absolute Gasteiger partial charge is 0.490 e. The van der Waals surface area contributed by atoms with Gasteiger partial charge in [-0.3, -0.25) is 4.79 Å². The molecule has 0 radical (unpaired) electrons. The van der Waals surface area contributed by atoms with Crippen molar-refractivity contribution in [2.45, 2.75) is 72.0 Å². The number of amides is 1. The summed E-state index contributed by atoms with van der Waals surface area (Å²) in [5.41, 5.74) is 0.866. The van der Waals surface area contributed by atoms with Gasteiger partial charge in [-0.1, -0.05) is 0 Å². The number of benzene rings is 1. The molecular formula is C20H32N2O3. The molecule has 1 aliphatic heterocycles. The van der Waals surface area contributed by atoms with Crippen LogP contribution in [0.2, 0.25) is 0 Å². The molecule has 25 heavy (non-hydrogen) atoms. The van der Waals surface area contributed by atoms with Gasteiger partial charge >= 0.3 is 0 Å². The number of likely N-dealkylation sites (tertiary alicyclic amines) is 1. The second kappa shape index (κ2) is 8.97. The molecule has 2 rings (SSSR count). The number of anilines is 1. The summed E-state index contributed by atoms with van der Waals surface area (Å²) in [7, 11) is 0. The van der Waals surface area contributed by atoms with Gasteiger partial charge in [0.2, 0.25) is 5.91 Å². The van der Waals surface area contributed by atoms with Crippen LogP contribution < -0.4 is 14.8 Å². The van der Waals surface area contributed by atoms with E-state index in [0.29, 0.717) is 31.0 Å². The van der Waals surface area contributed by atoms with Gasteiger partial charge in [-0.2, -0.15) is 0 Å². The number of nitrogens with one attached hydrogen (secondary N) is 1. The number of ether oxygens (including phenoxy) is 2. The summed E-state index contributed by atoms with van der Waals surface area (Å²) in [6.45, 7) is 11.3. The molecule has 0 spiro atoms. The molecule has 1 heterocycles. The second-order valence-corrected chi connectivity index (χ2v) is 6.77. The normalized spacial score (nSPS) is 21.6. The van der Waals surface area contributed by atoms with E-state index in [4.69, 9.17) is 9.47 Å². The third-order valence-corrected chi connectivity index (χ3v) is 4.75. The van der Waals surface area contributed by atoms with Crippen molar-refractivity contribution >= 4 is 11.6 Å². The lowest BCUT2D eigenvalue weighted by atomic mass is 9.96. The SMILES string of the molecule is CCOc1ccc(N[C@H](C)C(=O)N2[C@@H](C)CCC[C@@H]2C)cc1OCC. The van der Waals surface area contributed by atoms with Crippen molar-refractivity contribution in [3.05, 3.63) is 18.2 Å². The van der Waals surface area contributed by atoms with Crippen molar-refractivity contribution in [1.82, 2.24) is 4.90 Å². The Hall–Kier alpha value is -1.91. The first-order chi connectivity index (χ1) is 12.0. The number of rotatable bonds is 7. The van der Waals surface area contributed by atoms with Crippen LogP contribution in [0.1, 0.15) is 53.9 Å². The van der Waals surface area contributed by atoms with Crippen molar-refractivity contribution in [3.63, 3.8) is 0 Å². The molecule has 140 valence electrons. The first-order valence-electron chi connectivity index (χ1n) is 9.46. The zero-order chi connectivity index (χ0) is 18.4. The van der Waals surface area contributed by atoms with Gasteiger partial charge in [-0.15, -0.1) is 0 Å². The van der Waals surface area contributed by atoms with Crippen molar-refractivity contribution in [1.29, 1.82) is 0 Å². The first kappa shape index (κ1) is 19.4. The second-order valence-electron chi connectivity index (χ2n) is 6.77. The van der Waals surface area contributed by atoms with Crippen LogP contribution in [0.4, 0.5) is 5.69 Å². The first-order valence-corrected chi connectivity index (χ1v) is 9.46. The molecule has 1 aromatic carbocycles. The van der Waals surface area contributed by atoms with Crippen LogP contribution in [-0.4, -0.2) is 42.1 Å². The van der Waals surface area contributed by atoms with Gasteiger partial charge in [0.25, 0.3) is 0 Å². The molecular weight excluding hydrogens is 316 g/mol. The summed E-state index contributed by atoms with van der Waals surface area (Å²) in [5.74, 6) is 1.59. The minimum atomic E-state index is -0.282. The van der Waals surface area contributed by atoms with Gasteiger partial charge < -0.3 is 19.7 Å². The molecule has 0 bridgehead atoms. The maximum atomic E-state index is 12.9. The summed E-state index contributed by atoms with van der Waals surface area (Å²) in [6, 6.07) is 6.05. The summed E-state index contributed by atoms with van der Waals surface area (Å²) < 4.78 is 11.3. The monoisotopic (exact) mass is 348 g/mol. The fourth-order valence-corrected chi connectivity index (χ4v) is 3.53. The predicted octanol–water partition coefficient (Wildman–Crippen LogP) is 4.07. The molecule has 1 aromatic rings. The highest BCUT2D eigenvalue weighted by atomic mass is 16.5. The Morgan fingerprint density at radius 3 is 2.36 bits per heavy atom. The zero-order valence-corrected chi connectivity index (χ0v) is 16.2. The average molecular weight is 348 g/mol. The molecule has 0 saturated carbocycles. The molecule has 1 saturated heterocycles. The molecule has 0 aliphatic carbocycles. The third-order valence-electron chi connectivity index (χ3n) is 4.75. The molecule has 3 atom stereocenters. The maximum Gasteiger partial charge on any atom is 0.245 e. The van der Waals surface area contributed by atoms with Crippen LogP contribution in [0.15, 0.2) is 18.2 Å². The van der Waals surface area contributed by atoms with Crippen LogP contribution in [-0.2, 0) is 4.79 Å². The molecule has 1 fully saturated rings. The lowest BCUT2D eigenvalue weighted by molar-refractivity contribution is -0.137. The molecule has 1 aliphatic rings. The highest BCUT2D eigenvalue weighted by Crippen LogP contribution is 2.31. The van der Waals surface area contributed by atoms with Crippen molar-refractivity contribution in [3.8, 4) is 11.5 Å². The molecule has 1 N–H and O–H groups in total. The molecule has 5 nitrogen and oxygen atoms in total. The van der Waals surface area contributed by atoms with E-state index in [9.17, 15) is 4.79 Å². The number of hydrogen-bond acceptors (Lipinski definition) is 4. The Balaban J connectivity index is 2.09. The Morgan fingerprint density at radius 1 is 1.16 bits per heavy atom. The number of carbonyl (C=O) groups is 1. The maximum absolute atomic E-state index is 12.9. The molecule has 0 aromatic heterocycles. The van der Waals surface area contributed by atoms with E-state index in [0.717, 1.165) is 24.3 Å². The molecule has 1 amide bonds. The minimum Gasteiger partial charge on any atom is -0.490 e. The van der Waals surface area contributed by atoms with E-state index >= 15 is 0 Å². The van der Waals surface area contributed by atoms with Gasteiger partial charge in [0.1, 0.15) is 6.04 Å². The standard InChI is InChI=1S/C20H32N2O3/c1-6-24-18-12-11-17(13-19(18)25-7-2)21-16(5)20(23)22-14(3)9-8-10-15(22)4/h11-16,21H,6-10H2,1-5H3/t14-,15-,16+/m0/s1. The highest BCUT2D eigenvalue weighted by Gasteiger charge is 2.31. The van der Waals surface area contributed by atoms with Gasteiger partial charge in [0.15, 0.2) is 11.5 Å². The molecule has 5 heteroatoms. The van der Waals surface area contributed by atoms with Crippen LogP contribution in [0.25, 0.3) is 0 Å². The number of nitrogens with zero attached hydrogens (tertiary/aromatic N) is 1. The summed E-state index contributed by atoms with van der Waals surface area (Å²) in [4.78, 5) is 15.0. The fraction of sp³-hybridized carbons (Fsp3) is 0.650.